The average Bonchev–Trinajstić information content (AvgIpc) is 3.23. The van der Waals surface area contributed by atoms with Crippen LogP contribution < -0.4 is 15.5 Å². The van der Waals surface area contributed by atoms with Crippen molar-refractivity contribution >= 4 is 35.8 Å². The number of halogens is 1. The molecule has 2 saturated heterocycles. The minimum atomic E-state index is 0. The van der Waals surface area contributed by atoms with E-state index in [9.17, 15) is 0 Å². The average molecular weight is 515 g/mol. The fourth-order valence-corrected chi connectivity index (χ4v) is 4.30. The number of aliphatic imine (C=N–C) groups is 1. The lowest BCUT2D eigenvalue weighted by molar-refractivity contribution is -0.0835. The van der Waals surface area contributed by atoms with Crippen LogP contribution in [0.25, 0.3) is 0 Å². The highest BCUT2D eigenvalue weighted by molar-refractivity contribution is 14.0. The number of hydrogen-bond acceptors (Lipinski definition) is 4. The van der Waals surface area contributed by atoms with Crippen LogP contribution >= 0.6 is 24.0 Å². The van der Waals surface area contributed by atoms with Crippen molar-refractivity contribution in [2.24, 2.45) is 16.3 Å². The summed E-state index contributed by atoms with van der Waals surface area (Å²) in [4.78, 5) is 11.4. The van der Waals surface area contributed by atoms with Crippen molar-refractivity contribution < 1.29 is 4.74 Å². The molecule has 2 atom stereocenters. The first kappa shape index (κ1) is 24.2. The first-order valence-electron chi connectivity index (χ1n) is 10.7. The smallest absolute Gasteiger partial charge is 0.191 e. The maximum Gasteiger partial charge on any atom is 0.191 e. The lowest BCUT2D eigenvalue weighted by atomic mass is 9.78. The molecule has 29 heavy (non-hydrogen) atoms. The number of guanidine groups is 1. The predicted octanol–water partition coefficient (Wildman–Crippen LogP) is 3.81. The van der Waals surface area contributed by atoms with E-state index in [1.165, 1.54) is 24.8 Å². The number of aromatic nitrogens is 1. The molecule has 0 radical (unpaired) electrons. The molecule has 0 saturated carbocycles. The fourth-order valence-electron chi connectivity index (χ4n) is 4.30. The minimum Gasteiger partial charge on any atom is -0.377 e. The van der Waals surface area contributed by atoms with Gasteiger partial charge in [0.1, 0.15) is 5.82 Å². The third kappa shape index (κ3) is 6.98. The molecule has 0 aromatic carbocycles. The van der Waals surface area contributed by atoms with Gasteiger partial charge in [-0.2, -0.15) is 0 Å². The van der Waals surface area contributed by atoms with Crippen molar-refractivity contribution in [3.05, 3.63) is 23.9 Å². The molecule has 0 amide bonds. The molecule has 2 aliphatic heterocycles. The third-order valence-electron chi connectivity index (χ3n) is 5.75. The van der Waals surface area contributed by atoms with Crippen LogP contribution in [0.2, 0.25) is 0 Å². The summed E-state index contributed by atoms with van der Waals surface area (Å²) < 4.78 is 6.09. The maximum absolute atomic E-state index is 6.09. The normalized spacial score (nSPS) is 22.9. The molecule has 0 spiro atoms. The lowest BCUT2D eigenvalue weighted by Gasteiger charge is -2.40. The van der Waals surface area contributed by atoms with Crippen LogP contribution in [0.3, 0.4) is 0 Å². The SMILES string of the molecule is CN=C(NCc1ccc(N2CCCC2)nc1)NCC1CCCOC1C(C)(C)C.I. The van der Waals surface area contributed by atoms with E-state index in [2.05, 4.69) is 58.4 Å². The molecule has 2 N–H and O–H groups in total. The quantitative estimate of drug-likeness (QED) is 0.355. The Morgan fingerprint density at radius 3 is 2.59 bits per heavy atom. The van der Waals surface area contributed by atoms with E-state index >= 15 is 0 Å². The third-order valence-corrected chi connectivity index (χ3v) is 5.75. The molecule has 7 heteroatoms. The van der Waals surface area contributed by atoms with Gasteiger partial charge in [0.25, 0.3) is 0 Å². The van der Waals surface area contributed by atoms with E-state index in [0.29, 0.717) is 5.92 Å². The second-order valence-electron chi connectivity index (χ2n) is 9.09. The highest BCUT2D eigenvalue weighted by Crippen LogP contribution is 2.33. The largest absolute Gasteiger partial charge is 0.377 e. The summed E-state index contributed by atoms with van der Waals surface area (Å²) in [7, 11) is 1.82. The van der Waals surface area contributed by atoms with Crippen LogP contribution in [0.1, 0.15) is 52.0 Å². The summed E-state index contributed by atoms with van der Waals surface area (Å²) in [6.07, 6.45) is 7.14. The zero-order chi connectivity index (χ0) is 20.0. The number of nitrogens with zero attached hydrogens (tertiary/aromatic N) is 3. The first-order chi connectivity index (χ1) is 13.5. The Hall–Kier alpha value is -1.09. The van der Waals surface area contributed by atoms with Crippen LogP contribution in [0.15, 0.2) is 23.3 Å². The number of ether oxygens (including phenoxy) is 1. The van der Waals surface area contributed by atoms with Gasteiger partial charge in [0, 0.05) is 51.9 Å². The monoisotopic (exact) mass is 515 g/mol. The number of rotatable bonds is 5. The highest BCUT2D eigenvalue weighted by Gasteiger charge is 2.35. The van der Waals surface area contributed by atoms with Crippen molar-refractivity contribution in [1.29, 1.82) is 0 Å². The van der Waals surface area contributed by atoms with E-state index in [0.717, 1.165) is 51.0 Å². The molecule has 3 rings (SSSR count). The van der Waals surface area contributed by atoms with Gasteiger partial charge in [0.2, 0.25) is 0 Å². The van der Waals surface area contributed by atoms with E-state index in [1.54, 1.807) is 0 Å². The molecule has 0 aliphatic carbocycles. The predicted molar refractivity (Wildman–Crippen MR) is 131 cm³/mol. The van der Waals surface area contributed by atoms with E-state index in [4.69, 9.17) is 4.74 Å². The topological polar surface area (TPSA) is 61.8 Å². The first-order valence-corrected chi connectivity index (χ1v) is 10.7. The second kappa shape index (κ2) is 11.3. The van der Waals surface area contributed by atoms with E-state index in [-0.39, 0.29) is 35.5 Å². The van der Waals surface area contributed by atoms with Gasteiger partial charge in [-0.05, 0) is 42.7 Å². The Morgan fingerprint density at radius 1 is 1.21 bits per heavy atom. The Balaban J connectivity index is 0.00000300. The zero-order valence-corrected chi connectivity index (χ0v) is 20.7. The molecular weight excluding hydrogens is 477 g/mol. The van der Waals surface area contributed by atoms with Gasteiger partial charge < -0.3 is 20.3 Å². The Morgan fingerprint density at radius 2 is 1.97 bits per heavy atom. The van der Waals surface area contributed by atoms with Crippen molar-refractivity contribution in [3.8, 4) is 0 Å². The Bertz CT molecular complexity index is 638. The molecule has 2 aliphatic rings. The molecule has 0 bridgehead atoms. The van der Waals surface area contributed by atoms with Gasteiger partial charge >= 0.3 is 0 Å². The summed E-state index contributed by atoms with van der Waals surface area (Å²) in [6, 6.07) is 4.29. The van der Waals surface area contributed by atoms with Gasteiger partial charge in [0.15, 0.2) is 5.96 Å². The number of nitrogens with one attached hydrogen (secondary N) is 2. The lowest BCUT2D eigenvalue weighted by Crippen LogP contribution is -2.47. The summed E-state index contributed by atoms with van der Waals surface area (Å²) in [5.41, 5.74) is 1.33. The Kier molecular flexibility index (Phi) is 9.46. The van der Waals surface area contributed by atoms with Gasteiger partial charge in [0.05, 0.1) is 6.10 Å². The molecule has 1 aromatic rings. The summed E-state index contributed by atoms with van der Waals surface area (Å²) >= 11 is 0. The van der Waals surface area contributed by atoms with Gasteiger partial charge in [-0.3, -0.25) is 4.99 Å². The molecule has 2 unspecified atom stereocenters. The number of hydrogen-bond donors (Lipinski definition) is 2. The van der Waals surface area contributed by atoms with Gasteiger partial charge in [-0.15, -0.1) is 24.0 Å². The van der Waals surface area contributed by atoms with Crippen LogP contribution in [0, 0.1) is 11.3 Å². The zero-order valence-electron chi connectivity index (χ0n) is 18.4. The van der Waals surface area contributed by atoms with Crippen molar-refractivity contribution in [2.45, 2.75) is 59.1 Å². The fraction of sp³-hybridized carbons (Fsp3) is 0.727. The molecule has 3 heterocycles. The number of anilines is 1. The molecule has 1 aromatic heterocycles. The van der Waals surface area contributed by atoms with Crippen molar-refractivity contribution in [2.75, 3.05) is 38.2 Å². The highest BCUT2D eigenvalue weighted by atomic mass is 127. The van der Waals surface area contributed by atoms with Crippen LogP contribution in [-0.4, -0.2) is 50.3 Å². The number of pyridine rings is 1. The standard InChI is InChI=1S/C22H37N5O.HI/c1-22(2,3)20-18(8-7-13-28-20)16-26-21(23-4)25-15-17-9-10-19(24-14-17)27-11-5-6-12-27;/h9-10,14,18,20H,5-8,11-13,15-16H2,1-4H3,(H2,23,25,26);1H. The van der Waals surface area contributed by atoms with Gasteiger partial charge in [-0.25, -0.2) is 4.98 Å². The molecule has 2 fully saturated rings. The van der Waals surface area contributed by atoms with Crippen molar-refractivity contribution in [3.63, 3.8) is 0 Å². The van der Waals surface area contributed by atoms with Crippen LogP contribution in [0.4, 0.5) is 5.82 Å². The minimum absolute atomic E-state index is 0. The summed E-state index contributed by atoms with van der Waals surface area (Å²) in [5.74, 6) is 2.44. The van der Waals surface area contributed by atoms with E-state index < -0.39 is 0 Å². The second-order valence-corrected chi connectivity index (χ2v) is 9.09. The van der Waals surface area contributed by atoms with Crippen LogP contribution in [-0.2, 0) is 11.3 Å². The Labute approximate surface area is 193 Å². The maximum atomic E-state index is 6.09. The molecule has 164 valence electrons. The summed E-state index contributed by atoms with van der Waals surface area (Å²) in [6.45, 7) is 11.5. The van der Waals surface area contributed by atoms with Crippen LogP contribution in [0.5, 0.6) is 0 Å². The molecular formula is C22H38IN5O. The van der Waals surface area contributed by atoms with Gasteiger partial charge in [-0.1, -0.05) is 26.8 Å². The molecule has 6 nitrogen and oxygen atoms in total. The van der Waals surface area contributed by atoms with E-state index in [1.807, 2.05) is 13.2 Å². The summed E-state index contributed by atoms with van der Waals surface area (Å²) in [5, 5.41) is 6.91. The van der Waals surface area contributed by atoms with Crippen molar-refractivity contribution in [1.82, 2.24) is 15.6 Å².